The van der Waals surface area contributed by atoms with Crippen molar-refractivity contribution >= 4 is 17.5 Å². The summed E-state index contributed by atoms with van der Waals surface area (Å²) < 4.78 is 5.17. The zero-order chi connectivity index (χ0) is 18.4. The minimum absolute atomic E-state index is 0.133. The highest BCUT2D eigenvalue weighted by molar-refractivity contribution is 5.73. The molecule has 0 aliphatic carbocycles. The van der Waals surface area contributed by atoms with Gasteiger partial charge in [0, 0.05) is 45.7 Å². The van der Waals surface area contributed by atoms with E-state index in [0.29, 0.717) is 0 Å². The predicted octanol–water partition coefficient (Wildman–Crippen LogP) is 1.81. The van der Waals surface area contributed by atoms with Crippen molar-refractivity contribution in [3.05, 3.63) is 42.2 Å². The molecule has 7 heteroatoms. The first kappa shape index (κ1) is 18.0. The highest BCUT2D eigenvalue weighted by atomic mass is 16.5. The summed E-state index contributed by atoms with van der Waals surface area (Å²) in [4.78, 5) is 24.2. The summed E-state index contributed by atoms with van der Waals surface area (Å²) in [5.41, 5.74) is 1.24. The second kappa shape index (κ2) is 8.51. The van der Waals surface area contributed by atoms with Crippen LogP contribution in [0.1, 0.15) is 12.5 Å². The fourth-order valence-electron chi connectivity index (χ4n) is 2.99. The van der Waals surface area contributed by atoms with E-state index in [1.165, 1.54) is 5.56 Å². The number of amides is 1. The van der Waals surface area contributed by atoms with Gasteiger partial charge < -0.3 is 19.9 Å². The zero-order valence-corrected chi connectivity index (χ0v) is 15.3. The van der Waals surface area contributed by atoms with Crippen LogP contribution in [0.15, 0.2) is 36.7 Å². The molecule has 1 aliphatic rings. The number of methoxy groups -OCH3 is 1. The first-order valence-corrected chi connectivity index (χ1v) is 8.85. The van der Waals surface area contributed by atoms with Gasteiger partial charge in [-0.05, 0) is 24.1 Å². The van der Waals surface area contributed by atoms with E-state index in [9.17, 15) is 4.79 Å². The number of carbonyl (C=O) groups excluding carboxylic acids is 1. The highest BCUT2D eigenvalue weighted by Crippen LogP contribution is 2.17. The van der Waals surface area contributed by atoms with Crippen LogP contribution in [0.2, 0.25) is 0 Å². The van der Waals surface area contributed by atoms with Crippen LogP contribution in [-0.2, 0) is 11.2 Å². The molecule has 3 rings (SSSR count). The fraction of sp³-hybridized carbons (Fsp3) is 0.421. The Morgan fingerprint density at radius 1 is 1.15 bits per heavy atom. The lowest BCUT2D eigenvalue weighted by molar-refractivity contribution is -0.129. The summed E-state index contributed by atoms with van der Waals surface area (Å²) in [6, 6.07) is 10.1. The molecule has 1 N–H and O–H groups in total. The van der Waals surface area contributed by atoms with Crippen LogP contribution in [-0.4, -0.2) is 60.6 Å². The van der Waals surface area contributed by atoms with Gasteiger partial charge in [-0.25, -0.2) is 9.97 Å². The van der Waals surface area contributed by atoms with Crippen LogP contribution in [0.4, 0.5) is 11.6 Å². The zero-order valence-electron chi connectivity index (χ0n) is 15.3. The summed E-state index contributed by atoms with van der Waals surface area (Å²) in [5, 5.41) is 3.35. The summed E-state index contributed by atoms with van der Waals surface area (Å²) in [6.45, 7) is 5.47. The number of nitrogens with one attached hydrogen (secondary N) is 1. The minimum Gasteiger partial charge on any atom is -0.497 e. The Bertz CT molecular complexity index is 727. The van der Waals surface area contributed by atoms with Crippen molar-refractivity contribution in [2.75, 3.05) is 50.1 Å². The van der Waals surface area contributed by atoms with Gasteiger partial charge in [-0.2, -0.15) is 0 Å². The second-order valence-corrected chi connectivity index (χ2v) is 6.28. The minimum atomic E-state index is 0.133. The van der Waals surface area contributed by atoms with E-state index < -0.39 is 0 Å². The highest BCUT2D eigenvalue weighted by Gasteiger charge is 2.19. The van der Waals surface area contributed by atoms with E-state index in [-0.39, 0.29) is 5.91 Å². The van der Waals surface area contributed by atoms with Crippen molar-refractivity contribution in [3.8, 4) is 5.75 Å². The molecule has 1 fully saturated rings. The molecular formula is C19H25N5O2. The van der Waals surface area contributed by atoms with Crippen LogP contribution in [0, 0.1) is 0 Å². The van der Waals surface area contributed by atoms with Gasteiger partial charge in [-0.1, -0.05) is 12.1 Å². The molecule has 0 saturated carbocycles. The second-order valence-electron chi connectivity index (χ2n) is 6.28. The molecule has 0 bridgehead atoms. The van der Waals surface area contributed by atoms with E-state index in [2.05, 4.69) is 32.3 Å². The Balaban J connectivity index is 1.51. The number of aromatic nitrogens is 2. The summed E-state index contributed by atoms with van der Waals surface area (Å²) >= 11 is 0. The van der Waals surface area contributed by atoms with Crippen LogP contribution < -0.4 is 15.0 Å². The standard InChI is InChI=1S/C19H25N5O2/c1-15(25)23-9-11-24(12-10-23)19-13-18(21-14-22-19)20-8-7-16-3-5-17(26-2)6-4-16/h3-6,13-14H,7-12H2,1-2H3,(H,20,21,22). The number of carbonyl (C=O) groups is 1. The largest absolute Gasteiger partial charge is 0.497 e. The van der Waals surface area contributed by atoms with Gasteiger partial charge in [0.2, 0.25) is 5.91 Å². The molecule has 138 valence electrons. The SMILES string of the molecule is COc1ccc(CCNc2cc(N3CCN(C(C)=O)CC3)ncn2)cc1. The van der Waals surface area contributed by atoms with Crippen molar-refractivity contribution in [2.45, 2.75) is 13.3 Å². The molecule has 1 aromatic heterocycles. The molecule has 0 unspecified atom stereocenters. The molecule has 0 spiro atoms. The average Bonchev–Trinajstić information content (AvgIpc) is 2.69. The third-order valence-electron chi connectivity index (χ3n) is 4.58. The van der Waals surface area contributed by atoms with E-state index in [1.54, 1.807) is 20.4 Å². The maximum atomic E-state index is 11.4. The normalized spacial score (nSPS) is 14.2. The van der Waals surface area contributed by atoms with Crippen LogP contribution >= 0.6 is 0 Å². The number of rotatable bonds is 6. The number of hydrogen-bond acceptors (Lipinski definition) is 6. The topological polar surface area (TPSA) is 70.6 Å². The third kappa shape index (κ3) is 4.62. The van der Waals surface area contributed by atoms with Crippen molar-refractivity contribution in [1.29, 1.82) is 0 Å². The molecule has 0 atom stereocenters. The third-order valence-corrected chi connectivity index (χ3v) is 4.58. The predicted molar refractivity (Wildman–Crippen MR) is 102 cm³/mol. The Morgan fingerprint density at radius 3 is 2.54 bits per heavy atom. The van der Waals surface area contributed by atoms with E-state index in [4.69, 9.17) is 4.74 Å². The number of nitrogens with zero attached hydrogens (tertiary/aromatic N) is 4. The Kier molecular flexibility index (Phi) is 5.88. The Morgan fingerprint density at radius 2 is 1.88 bits per heavy atom. The molecule has 2 aromatic rings. The van der Waals surface area contributed by atoms with Gasteiger partial charge >= 0.3 is 0 Å². The Hall–Kier alpha value is -2.83. The average molecular weight is 355 g/mol. The van der Waals surface area contributed by atoms with Gasteiger partial charge in [0.15, 0.2) is 0 Å². The number of hydrogen-bond donors (Lipinski definition) is 1. The van der Waals surface area contributed by atoms with Crippen LogP contribution in [0.25, 0.3) is 0 Å². The molecular weight excluding hydrogens is 330 g/mol. The maximum absolute atomic E-state index is 11.4. The Labute approximate surface area is 154 Å². The van der Waals surface area contributed by atoms with Crippen LogP contribution in [0.5, 0.6) is 5.75 Å². The van der Waals surface area contributed by atoms with Crippen molar-refractivity contribution in [2.24, 2.45) is 0 Å². The van der Waals surface area contributed by atoms with Gasteiger partial charge in [0.05, 0.1) is 7.11 Å². The van der Waals surface area contributed by atoms with Crippen molar-refractivity contribution < 1.29 is 9.53 Å². The molecule has 1 saturated heterocycles. The molecule has 1 aromatic carbocycles. The molecule has 26 heavy (non-hydrogen) atoms. The monoisotopic (exact) mass is 355 g/mol. The molecule has 1 aliphatic heterocycles. The lowest BCUT2D eigenvalue weighted by Crippen LogP contribution is -2.48. The first-order valence-electron chi connectivity index (χ1n) is 8.85. The summed E-state index contributed by atoms with van der Waals surface area (Å²) in [7, 11) is 1.67. The number of benzene rings is 1. The summed E-state index contributed by atoms with van der Waals surface area (Å²) in [6.07, 6.45) is 2.49. The van der Waals surface area contributed by atoms with Crippen molar-refractivity contribution in [3.63, 3.8) is 0 Å². The van der Waals surface area contributed by atoms with Gasteiger partial charge in [0.1, 0.15) is 23.7 Å². The molecule has 1 amide bonds. The van der Waals surface area contributed by atoms with Gasteiger partial charge in [0.25, 0.3) is 0 Å². The van der Waals surface area contributed by atoms with Gasteiger partial charge in [-0.15, -0.1) is 0 Å². The quantitative estimate of drug-likeness (QED) is 0.852. The molecule has 0 radical (unpaired) electrons. The van der Waals surface area contributed by atoms with Gasteiger partial charge in [-0.3, -0.25) is 4.79 Å². The van der Waals surface area contributed by atoms with Crippen molar-refractivity contribution in [1.82, 2.24) is 14.9 Å². The number of anilines is 2. The lowest BCUT2D eigenvalue weighted by atomic mass is 10.1. The molecule has 2 heterocycles. The van der Waals surface area contributed by atoms with E-state index in [1.807, 2.05) is 23.1 Å². The van der Waals surface area contributed by atoms with E-state index >= 15 is 0 Å². The smallest absolute Gasteiger partial charge is 0.219 e. The number of piperazine rings is 1. The fourth-order valence-corrected chi connectivity index (χ4v) is 2.99. The summed E-state index contributed by atoms with van der Waals surface area (Å²) in [5.74, 6) is 2.72. The van der Waals surface area contributed by atoms with Crippen LogP contribution in [0.3, 0.4) is 0 Å². The first-order chi connectivity index (χ1) is 12.7. The maximum Gasteiger partial charge on any atom is 0.219 e. The lowest BCUT2D eigenvalue weighted by Gasteiger charge is -2.34. The van der Waals surface area contributed by atoms with E-state index in [0.717, 1.165) is 56.5 Å². The molecule has 7 nitrogen and oxygen atoms in total. The number of ether oxygens (including phenoxy) is 1.